The maximum absolute atomic E-state index is 9.73. The van der Waals surface area contributed by atoms with Crippen molar-refractivity contribution in [2.24, 2.45) is 0 Å². The molecule has 1 heterocycles. The number of hydrogen-bond acceptors (Lipinski definition) is 3. The van der Waals surface area contributed by atoms with Crippen LogP contribution in [0, 0.1) is 0 Å². The van der Waals surface area contributed by atoms with Gasteiger partial charge in [0, 0.05) is 12.4 Å². The minimum absolute atomic E-state index is 0.112. The quantitative estimate of drug-likeness (QED) is 0.689. The molecule has 0 fully saturated rings. The molecule has 0 radical (unpaired) electrons. The number of nitrogens with zero attached hydrogens (tertiary/aromatic N) is 1. The van der Waals surface area contributed by atoms with Crippen LogP contribution in [-0.4, -0.2) is 22.3 Å². The van der Waals surface area contributed by atoms with Crippen molar-refractivity contribution >= 4 is 0 Å². The molecule has 2 atom stereocenters. The van der Waals surface area contributed by atoms with Gasteiger partial charge in [0.05, 0.1) is 12.1 Å². The zero-order valence-corrected chi connectivity index (χ0v) is 8.27. The monoisotopic (exact) mass is 182 g/mol. The first-order valence-corrected chi connectivity index (χ1v) is 4.81. The molecule has 1 aliphatic rings. The summed E-state index contributed by atoms with van der Waals surface area (Å²) in [7, 11) is 0. The third-order valence-electron chi connectivity index (χ3n) is 2.26. The van der Waals surface area contributed by atoms with Crippen molar-refractivity contribution in [2.45, 2.75) is 38.8 Å². The highest BCUT2D eigenvalue weighted by Gasteiger charge is 2.18. The van der Waals surface area contributed by atoms with E-state index in [-0.39, 0.29) is 12.1 Å². The van der Waals surface area contributed by atoms with Crippen LogP contribution in [0.25, 0.3) is 0 Å². The summed E-state index contributed by atoms with van der Waals surface area (Å²) in [5, 5.41) is 11.6. The van der Waals surface area contributed by atoms with Gasteiger partial charge in [0.15, 0.2) is 0 Å². The summed E-state index contributed by atoms with van der Waals surface area (Å²) in [6, 6.07) is 0.112. The fourth-order valence-electron chi connectivity index (χ4n) is 1.35. The van der Waals surface area contributed by atoms with Crippen LogP contribution >= 0.6 is 0 Å². The molecule has 0 saturated carbocycles. The van der Waals surface area contributed by atoms with Crippen molar-refractivity contribution < 1.29 is 5.11 Å². The van der Waals surface area contributed by atoms with Gasteiger partial charge in [-0.25, -0.2) is 0 Å². The first-order valence-electron chi connectivity index (χ1n) is 4.81. The van der Waals surface area contributed by atoms with Gasteiger partial charge in [-0.15, -0.1) is 0 Å². The summed E-state index contributed by atoms with van der Waals surface area (Å²) in [6.45, 7) is 4.09. The van der Waals surface area contributed by atoms with Crippen LogP contribution in [-0.2, 0) is 0 Å². The molecular weight excluding hydrogens is 164 g/mol. The number of rotatable bonds is 4. The maximum Gasteiger partial charge on any atom is 0.0760 e. The Labute approximate surface area is 79.7 Å². The fraction of sp³-hybridized carbons (Fsp3) is 0.600. The molecule has 2 unspecified atom stereocenters. The van der Waals surface area contributed by atoms with Gasteiger partial charge in [0.25, 0.3) is 0 Å². The lowest BCUT2D eigenvalue weighted by molar-refractivity contribution is 0.0603. The van der Waals surface area contributed by atoms with Crippen molar-refractivity contribution in [3.8, 4) is 0 Å². The number of hydrogen-bond donors (Lipinski definition) is 2. The van der Waals surface area contributed by atoms with E-state index in [0.717, 1.165) is 12.8 Å². The minimum Gasteiger partial charge on any atom is -0.391 e. The van der Waals surface area contributed by atoms with Crippen molar-refractivity contribution in [2.75, 3.05) is 0 Å². The van der Waals surface area contributed by atoms with Crippen molar-refractivity contribution in [3.63, 3.8) is 0 Å². The van der Waals surface area contributed by atoms with Crippen LogP contribution in [0.3, 0.4) is 0 Å². The number of nitrogens with one attached hydrogen (secondary N) is 1. The number of hydrazine groups is 1. The molecule has 2 N–H and O–H groups in total. The van der Waals surface area contributed by atoms with E-state index < -0.39 is 0 Å². The molecule has 3 heteroatoms. The highest BCUT2D eigenvalue weighted by molar-refractivity contribution is 5.06. The van der Waals surface area contributed by atoms with Gasteiger partial charge >= 0.3 is 0 Å². The van der Waals surface area contributed by atoms with Gasteiger partial charge < -0.3 is 10.5 Å². The number of aliphatic hydroxyl groups excluding tert-OH is 1. The second-order valence-electron chi connectivity index (χ2n) is 3.33. The van der Waals surface area contributed by atoms with Crippen LogP contribution in [0.5, 0.6) is 0 Å². The van der Waals surface area contributed by atoms with Gasteiger partial charge in [0.2, 0.25) is 0 Å². The van der Waals surface area contributed by atoms with E-state index in [1.54, 1.807) is 0 Å². The average molecular weight is 182 g/mol. The van der Waals surface area contributed by atoms with Gasteiger partial charge in [-0.2, -0.15) is 0 Å². The smallest absolute Gasteiger partial charge is 0.0760 e. The van der Waals surface area contributed by atoms with Crippen molar-refractivity contribution in [1.29, 1.82) is 0 Å². The second kappa shape index (κ2) is 4.92. The Hall–Kier alpha value is -0.960. The van der Waals surface area contributed by atoms with E-state index in [1.807, 2.05) is 36.5 Å². The third-order valence-corrected chi connectivity index (χ3v) is 2.26. The SMILES string of the molecule is CCCC(O)C(C)N1C=CC=CN1. The molecule has 0 aliphatic carbocycles. The Balaban J connectivity index is 2.42. The Morgan fingerprint density at radius 3 is 2.77 bits per heavy atom. The summed E-state index contributed by atoms with van der Waals surface area (Å²) in [5.41, 5.74) is 3.06. The Morgan fingerprint density at radius 2 is 2.23 bits per heavy atom. The third kappa shape index (κ3) is 2.77. The molecule has 0 aromatic heterocycles. The van der Waals surface area contributed by atoms with E-state index in [9.17, 15) is 5.11 Å². The van der Waals surface area contributed by atoms with E-state index in [4.69, 9.17) is 0 Å². The molecule has 1 rings (SSSR count). The highest BCUT2D eigenvalue weighted by atomic mass is 16.3. The zero-order chi connectivity index (χ0) is 9.68. The van der Waals surface area contributed by atoms with Crippen LogP contribution in [0.15, 0.2) is 24.6 Å². The summed E-state index contributed by atoms with van der Waals surface area (Å²) in [4.78, 5) is 0. The molecule has 0 amide bonds. The lowest BCUT2D eigenvalue weighted by Crippen LogP contribution is -2.44. The van der Waals surface area contributed by atoms with E-state index in [1.165, 1.54) is 0 Å². The van der Waals surface area contributed by atoms with Crippen molar-refractivity contribution in [3.05, 3.63) is 24.6 Å². The molecule has 1 aliphatic heterocycles. The first kappa shape index (κ1) is 10.1. The molecule has 74 valence electrons. The van der Waals surface area contributed by atoms with Crippen LogP contribution < -0.4 is 5.43 Å². The lowest BCUT2D eigenvalue weighted by Gasteiger charge is -2.32. The van der Waals surface area contributed by atoms with Gasteiger partial charge in [-0.1, -0.05) is 13.3 Å². The first-order chi connectivity index (χ1) is 6.25. The summed E-state index contributed by atoms with van der Waals surface area (Å²) < 4.78 is 0. The van der Waals surface area contributed by atoms with E-state index in [2.05, 4.69) is 12.3 Å². The maximum atomic E-state index is 9.73. The predicted octanol–water partition coefficient (Wildman–Crippen LogP) is 1.38. The van der Waals surface area contributed by atoms with Crippen molar-refractivity contribution in [1.82, 2.24) is 10.4 Å². The van der Waals surface area contributed by atoms with Gasteiger partial charge in [0.1, 0.15) is 0 Å². The molecular formula is C10H18N2O. The summed E-state index contributed by atoms with van der Waals surface area (Å²) in [6.07, 6.45) is 9.25. The van der Waals surface area contributed by atoms with Crippen LogP contribution in [0.1, 0.15) is 26.7 Å². The molecule has 0 spiro atoms. The van der Waals surface area contributed by atoms with Gasteiger partial charge in [-0.05, 0) is 25.5 Å². The highest BCUT2D eigenvalue weighted by Crippen LogP contribution is 2.09. The topological polar surface area (TPSA) is 35.5 Å². The molecule has 13 heavy (non-hydrogen) atoms. The van der Waals surface area contributed by atoms with Gasteiger partial charge in [-0.3, -0.25) is 5.01 Å². The van der Waals surface area contributed by atoms with Crippen LogP contribution in [0.2, 0.25) is 0 Å². The molecule has 0 saturated heterocycles. The van der Waals surface area contributed by atoms with Crippen LogP contribution in [0.4, 0.5) is 0 Å². The lowest BCUT2D eigenvalue weighted by atomic mass is 10.1. The minimum atomic E-state index is -0.270. The molecule has 0 bridgehead atoms. The Morgan fingerprint density at radius 1 is 1.46 bits per heavy atom. The fourth-order valence-corrected chi connectivity index (χ4v) is 1.35. The van der Waals surface area contributed by atoms with E-state index in [0.29, 0.717) is 0 Å². The standard InChI is InChI=1S/C10H18N2O/c1-3-6-10(13)9(2)12-8-5-4-7-11-12/h4-5,7-11,13H,3,6H2,1-2H3. The predicted molar refractivity (Wildman–Crippen MR) is 53.6 cm³/mol. The van der Waals surface area contributed by atoms with E-state index >= 15 is 0 Å². The molecule has 3 nitrogen and oxygen atoms in total. The molecule has 0 aromatic carbocycles. The average Bonchev–Trinajstić information content (AvgIpc) is 2.18. The largest absolute Gasteiger partial charge is 0.391 e. The second-order valence-corrected chi connectivity index (χ2v) is 3.33. The Bertz CT molecular complexity index is 201. The summed E-state index contributed by atoms with van der Waals surface area (Å²) >= 11 is 0. The number of allylic oxidation sites excluding steroid dienone is 2. The zero-order valence-electron chi connectivity index (χ0n) is 8.27. The number of aliphatic hydroxyl groups is 1. The Kier molecular flexibility index (Phi) is 3.83. The molecule has 0 aromatic rings. The summed E-state index contributed by atoms with van der Waals surface area (Å²) in [5.74, 6) is 0. The normalized spacial score (nSPS) is 19.8.